The zero-order chi connectivity index (χ0) is 12.6. The van der Waals surface area contributed by atoms with Gasteiger partial charge in [0.25, 0.3) is 0 Å². The minimum Gasteiger partial charge on any atom is -0.545 e. The first kappa shape index (κ1) is 11.8. The van der Waals surface area contributed by atoms with Crippen molar-refractivity contribution in [3.05, 3.63) is 29.8 Å². The second-order valence-corrected chi connectivity index (χ2v) is 4.72. The summed E-state index contributed by atoms with van der Waals surface area (Å²) in [6.07, 6.45) is 0. The number of hydrogen-bond acceptors (Lipinski definition) is 4. The monoisotopic (exact) mass is 250 g/mol. The largest absolute Gasteiger partial charge is 0.545 e. The highest BCUT2D eigenvalue weighted by atomic mass is 32.1. The van der Waals surface area contributed by atoms with Crippen LogP contribution < -0.4 is 20.9 Å². The summed E-state index contributed by atoms with van der Waals surface area (Å²) < 4.78 is 0. The van der Waals surface area contributed by atoms with Gasteiger partial charge in [-0.1, -0.05) is 12.1 Å². The van der Waals surface area contributed by atoms with Gasteiger partial charge >= 0.3 is 0 Å². The maximum absolute atomic E-state index is 10.6. The lowest BCUT2D eigenvalue weighted by atomic mass is 10.2. The van der Waals surface area contributed by atoms with E-state index in [1.165, 1.54) is 12.1 Å². The molecule has 2 N–H and O–H groups in total. The molecule has 6 heteroatoms. The quantitative estimate of drug-likeness (QED) is 0.719. The molecule has 1 fully saturated rings. The van der Waals surface area contributed by atoms with Crippen molar-refractivity contribution in [2.24, 2.45) is 0 Å². The molecule has 0 bridgehead atoms. The first-order chi connectivity index (χ1) is 7.89. The van der Waals surface area contributed by atoms with Gasteiger partial charge in [-0.25, -0.2) is 5.43 Å². The molecule has 1 aromatic carbocycles. The number of carbonyl (C=O) groups is 1. The Bertz CT molecular complexity index is 470. The third-order valence-corrected chi connectivity index (χ3v) is 2.66. The van der Waals surface area contributed by atoms with E-state index in [4.69, 9.17) is 12.2 Å². The Kier molecular flexibility index (Phi) is 2.76. The number of carbonyl (C=O) groups excluding carboxylic acids is 1. The SMILES string of the molecule is CC1(C)NC(=S)N(c2ccc(C(=O)[O-])cc2)N1. The molecule has 0 saturated carbocycles. The minimum absolute atomic E-state index is 0.145. The molecule has 90 valence electrons. The standard InChI is InChI=1S/C11H13N3O2S/c1-11(2)12-10(17)14(13-11)8-5-3-7(4-6-8)9(15)16/h3-6,13H,1-2H3,(H,12,17)(H,15,16)/p-1. The summed E-state index contributed by atoms with van der Waals surface area (Å²) in [6, 6.07) is 6.32. The molecule has 1 aromatic rings. The van der Waals surface area contributed by atoms with Crippen molar-refractivity contribution in [3.8, 4) is 0 Å². The Balaban J connectivity index is 2.24. The van der Waals surface area contributed by atoms with E-state index in [2.05, 4.69) is 10.7 Å². The normalized spacial score (nSPS) is 18.0. The van der Waals surface area contributed by atoms with Gasteiger partial charge in [-0.15, -0.1) is 0 Å². The van der Waals surface area contributed by atoms with Gasteiger partial charge in [0.05, 0.1) is 11.7 Å². The van der Waals surface area contributed by atoms with Crippen LogP contribution in [-0.4, -0.2) is 16.7 Å². The van der Waals surface area contributed by atoms with Crippen LogP contribution in [-0.2, 0) is 0 Å². The molecule has 1 heterocycles. The molecule has 1 saturated heterocycles. The van der Waals surface area contributed by atoms with E-state index < -0.39 is 5.97 Å². The Hall–Kier alpha value is -1.66. The number of benzene rings is 1. The summed E-state index contributed by atoms with van der Waals surface area (Å²) in [6.45, 7) is 3.91. The third-order valence-electron chi connectivity index (χ3n) is 2.38. The van der Waals surface area contributed by atoms with Gasteiger partial charge in [0.1, 0.15) is 5.66 Å². The van der Waals surface area contributed by atoms with Gasteiger partial charge < -0.3 is 15.2 Å². The average Bonchev–Trinajstić information content (AvgIpc) is 2.52. The number of thiocarbonyl (C=S) groups is 1. The van der Waals surface area contributed by atoms with Gasteiger partial charge in [-0.3, -0.25) is 5.01 Å². The molecule has 2 rings (SSSR count). The van der Waals surface area contributed by atoms with Crippen LogP contribution in [0.5, 0.6) is 0 Å². The first-order valence-electron chi connectivity index (χ1n) is 5.10. The van der Waals surface area contributed by atoms with Crippen LogP contribution in [0.4, 0.5) is 5.69 Å². The summed E-state index contributed by atoms with van der Waals surface area (Å²) in [5.41, 5.74) is 3.77. The predicted octanol–water partition coefficient (Wildman–Crippen LogP) is -0.0147. The summed E-state index contributed by atoms with van der Waals surface area (Å²) in [4.78, 5) is 10.6. The van der Waals surface area contributed by atoms with Crippen molar-refractivity contribution in [2.45, 2.75) is 19.5 Å². The fourth-order valence-electron chi connectivity index (χ4n) is 1.61. The van der Waals surface area contributed by atoms with Gasteiger partial charge in [0.2, 0.25) is 0 Å². The van der Waals surface area contributed by atoms with Crippen LogP contribution in [0.25, 0.3) is 0 Å². The maximum atomic E-state index is 10.6. The number of hydrogen-bond donors (Lipinski definition) is 2. The Morgan fingerprint density at radius 3 is 2.35 bits per heavy atom. The van der Waals surface area contributed by atoms with Crippen LogP contribution in [0.15, 0.2) is 24.3 Å². The van der Waals surface area contributed by atoms with Gasteiger partial charge in [-0.2, -0.15) is 0 Å². The zero-order valence-corrected chi connectivity index (χ0v) is 10.3. The first-order valence-corrected chi connectivity index (χ1v) is 5.51. The van der Waals surface area contributed by atoms with Crippen molar-refractivity contribution in [1.82, 2.24) is 10.7 Å². The maximum Gasteiger partial charge on any atom is 0.189 e. The molecular formula is C11H12N3O2S-. The molecule has 0 spiro atoms. The van der Waals surface area contributed by atoms with E-state index in [1.807, 2.05) is 13.8 Å². The lowest BCUT2D eigenvalue weighted by molar-refractivity contribution is -0.255. The van der Waals surface area contributed by atoms with Crippen molar-refractivity contribution in [2.75, 3.05) is 5.01 Å². The lowest BCUT2D eigenvalue weighted by Crippen LogP contribution is -2.45. The number of carboxylic acid groups (broad SMARTS) is 1. The molecule has 0 radical (unpaired) electrons. The second-order valence-electron chi connectivity index (χ2n) is 4.34. The Labute approximate surface area is 104 Å². The van der Waals surface area contributed by atoms with Crippen LogP contribution in [0, 0.1) is 0 Å². The number of nitrogens with zero attached hydrogens (tertiary/aromatic N) is 1. The van der Waals surface area contributed by atoms with E-state index in [1.54, 1.807) is 17.1 Å². The molecular weight excluding hydrogens is 238 g/mol. The van der Waals surface area contributed by atoms with E-state index >= 15 is 0 Å². The lowest BCUT2D eigenvalue weighted by Gasteiger charge is -2.21. The Morgan fingerprint density at radius 2 is 1.94 bits per heavy atom. The van der Waals surface area contributed by atoms with Crippen LogP contribution in [0.1, 0.15) is 24.2 Å². The van der Waals surface area contributed by atoms with Crippen molar-refractivity contribution in [1.29, 1.82) is 0 Å². The minimum atomic E-state index is -1.19. The zero-order valence-electron chi connectivity index (χ0n) is 9.48. The fraction of sp³-hybridized carbons (Fsp3) is 0.273. The van der Waals surface area contributed by atoms with Crippen LogP contribution in [0.2, 0.25) is 0 Å². The molecule has 0 unspecified atom stereocenters. The highest BCUT2D eigenvalue weighted by Crippen LogP contribution is 2.19. The van der Waals surface area contributed by atoms with E-state index in [0.717, 1.165) is 5.69 Å². The number of hydrazine groups is 1. The molecule has 0 aliphatic carbocycles. The van der Waals surface area contributed by atoms with Crippen LogP contribution >= 0.6 is 12.2 Å². The Morgan fingerprint density at radius 1 is 1.35 bits per heavy atom. The summed E-state index contributed by atoms with van der Waals surface area (Å²) in [5.74, 6) is -1.19. The van der Waals surface area contributed by atoms with E-state index in [-0.39, 0.29) is 11.2 Å². The predicted molar refractivity (Wildman–Crippen MR) is 66.2 cm³/mol. The third kappa shape index (κ3) is 2.37. The van der Waals surface area contributed by atoms with Crippen LogP contribution in [0.3, 0.4) is 0 Å². The second kappa shape index (κ2) is 3.97. The summed E-state index contributed by atoms with van der Waals surface area (Å²) >= 11 is 5.18. The molecule has 1 aliphatic rings. The molecule has 17 heavy (non-hydrogen) atoms. The number of carboxylic acids is 1. The number of rotatable bonds is 2. The number of nitrogens with one attached hydrogen (secondary N) is 2. The number of aromatic carboxylic acids is 1. The fourth-order valence-corrected chi connectivity index (χ4v) is 2.02. The van der Waals surface area contributed by atoms with E-state index in [0.29, 0.717) is 5.11 Å². The van der Waals surface area contributed by atoms with Crippen molar-refractivity contribution in [3.63, 3.8) is 0 Å². The molecule has 0 amide bonds. The molecule has 5 nitrogen and oxygen atoms in total. The summed E-state index contributed by atoms with van der Waals surface area (Å²) in [5, 5.41) is 16.0. The van der Waals surface area contributed by atoms with E-state index in [9.17, 15) is 9.90 Å². The highest BCUT2D eigenvalue weighted by Gasteiger charge is 2.32. The average molecular weight is 250 g/mol. The number of anilines is 1. The molecule has 0 aromatic heterocycles. The van der Waals surface area contributed by atoms with Gasteiger partial charge in [0.15, 0.2) is 5.11 Å². The molecule has 1 aliphatic heterocycles. The topological polar surface area (TPSA) is 67.4 Å². The molecule has 0 atom stereocenters. The van der Waals surface area contributed by atoms with Gasteiger partial charge in [0, 0.05) is 0 Å². The van der Waals surface area contributed by atoms with Crippen molar-refractivity contribution < 1.29 is 9.90 Å². The smallest absolute Gasteiger partial charge is 0.189 e. The summed E-state index contributed by atoms with van der Waals surface area (Å²) in [7, 11) is 0. The van der Waals surface area contributed by atoms with Crippen molar-refractivity contribution >= 4 is 29.0 Å². The highest BCUT2D eigenvalue weighted by molar-refractivity contribution is 7.80. The van der Waals surface area contributed by atoms with Gasteiger partial charge in [-0.05, 0) is 43.8 Å².